The number of aromatic nitrogens is 1. The number of carbonyl (C=O) groups is 1. The van der Waals surface area contributed by atoms with Crippen LogP contribution in [0.4, 0.5) is 4.39 Å². The lowest BCUT2D eigenvalue weighted by Crippen LogP contribution is -2.32. The number of nitrogens with zero attached hydrogens (tertiary/aromatic N) is 1. The summed E-state index contributed by atoms with van der Waals surface area (Å²) in [4.78, 5) is 22.0. The molecule has 1 unspecified atom stereocenters. The second-order valence-electron chi connectivity index (χ2n) is 5.27. The van der Waals surface area contributed by atoms with Gasteiger partial charge in [0.25, 0.3) is 5.91 Å². The normalized spacial score (nSPS) is 17.9. The van der Waals surface area contributed by atoms with Gasteiger partial charge in [-0.05, 0) is 30.5 Å². The number of rotatable bonds is 5. The fraction of sp³-hybridized carbons (Fsp3) is 0.375. The van der Waals surface area contributed by atoms with Crippen molar-refractivity contribution in [3.05, 3.63) is 51.7 Å². The lowest BCUT2D eigenvalue weighted by Gasteiger charge is -2.21. The predicted octanol–water partition coefficient (Wildman–Crippen LogP) is 3.06. The molecule has 122 valence electrons. The zero-order valence-corrected chi connectivity index (χ0v) is 13.3. The van der Waals surface area contributed by atoms with Crippen molar-refractivity contribution in [2.45, 2.75) is 32.0 Å². The Morgan fingerprint density at radius 2 is 2.22 bits per heavy atom. The maximum absolute atomic E-state index is 12.9. The Bertz CT molecular complexity index is 654. The first-order chi connectivity index (χ1) is 11.2. The Kier molecular flexibility index (Phi) is 5.32. The van der Waals surface area contributed by atoms with Crippen LogP contribution < -0.4 is 5.48 Å². The SMILES string of the molecule is O=C(NOC1CCCCO1)c1cnc(Cc2ccc(F)cc2)s1. The molecule has 2 aromatic rings. The predicted molar refractivity (Wildman–Crippen MR) is 83.5 cm³/mol. The van der Waals surface area contributed by atoms with Crippen molar-refractivity contribution in [2.24, 2.45) is 0 Å². The molecular formula is C16H17FN2O3S. The summed E-state index contributed by atoms with van der Waals surface area (Å²) < 4.78 is 18.3. The molecule has 5 nitrogen and oxygen atoms in total. The summed E-state index contributed by atoms with van der Waals surface area (Å²) in [7, 11) is 0. The molecule has 0 radical (unpaired) electrons. The van der Waals surface area contributed by atoms with Gasteiger partial charge in [-0.25, -0.2) is 19.7 Å². The second kappa shape index (κ2) is 7.63. The molecule has 1 saturated heterocycles. The molecule has 0 saturated carbocycles. The molecule has 1 aromatic carbocycles. The van der Waals surface area contributed by atoms with E-state index in [0.717, 1.165) is 29.8 Å². The molecule has 23 heavy (non-hydrogen) atoms. The fourth-order valence-electron chi connectivity index (χ4n) is 2.25. The van der Waals surface area contributed by atoms with E-state index in [0.29, 0.717) is 17.9 Å². The first kappa shape index (κ1) is 16.0. The monoisotopic (exact) mass is 336 g/mol. The highest BCUT2D eigenvalue weighted by atomic mass is 32.1. The quantitative estimate of drug-likeness (QED) is 0.853. The third-order valence-corrected chi connectivity index (χ3v) is 4.46. The van der Waals surface area contributed by atoms with E-state index in [2.05, 4.69) is 10.5 Å². The second-order valence-corrected chi connectivity index (χ2v) is 6.38. The zero-order chi connectivity index (χ0) is 16.1. The summed E-state index contributed by atoms with van der Waals surface area (Å²) in [5, 5.41) is 0.788. The maximum Gasteiger partial charge on any atom is 0.286 e. The van der Waals surface area contributed by atoms with Crippen molar-refractivity contribution in [1.82, 2.24) is 10.5 Å². The Labute approximate surface area is 137 Å². The third kappa shape index (κ3) is 4.57. The molecule has 1 amide bonds. The Morgan fingerprint density at radius 1 is 1.39 bits per heavy atom. The number of thiazole rings is 1. The van der Waals surface area contributed by atoms with Crippen molar-refractivity contribution in [1.29, 1.82) is 0 Å². The molecular weight excluding hydrogens is 319 g/mol. The van der Waals surface area contributed by atoms with E-state index < -0.39 is 0 Å². The third-order valence-electron chi connectivity index (χ3n) is 3.47. The van der Waals surface area contributed by atoms with Gasteiger partial charge < -0.3 is 4.74 Å². The van der Waals surface area contributed by atoms with Gasteiger partial charge in [-0.2, -0.15) is 0 Å². The van der Waals surface area contributed by atoms with Crippen molar-refractivity contribution in [2.75, 3.05) is 6.61 Å². The molecule has 1 atom stereocenters. The van der Waals surface area contributed by atoms with Crippen molar-refractivity contribution < 1.29 is 18.8 Å². The zero-order valence-electron chi connectivity index (χ0n) is 12.5. The fourth-order valence-corrected chi connectivity index (χ4v) is 3.09. The number of hydrogen-bond donors (Lipinski definition) is 1. The van der Waals surface area contributed by atoms with Gasteiger partial charge in [0.05, 0.1) is 11.2 Å². The van der Waals surface area contributed by atoms with Crippen LogP contribution >= 0.6 is 11.3 Å². The Hall–Kier alpha value is -1.83. The summed E-state index contributed by atoms with van der Waals surface area (Å²) in [5.41, 5.74) is 3.35. The molecule has 1 fully saturated rings. The molecule has 1 aromatic heterocycles. The molecule has 0 aliphatic carbocycles. The van der Waals surface area contributed by atoms with E-state index >= 15 is 0 Å². The molecule has 0 spiro atoms. The van der Waals surface area contributed by atoms with Crippen LogP contribution in [0.25, 0.3) is 0 Å². The number of hydrogen-bond acceptors (Lipinski definition) is 5. The van der Waals surface area contributed by atoms with Crippen LogP contribution in [0.15, 0.2) is 30.5 Å². The summed E-state index contributed by atoms with van der Waals surface area (Å²) in [6.45, 7) is 0.656. The van der Waals surface area contributed by atoms with Gasteiger partial charge >= 0.3 is 0 Å². The standard InChI is InChI=1S/C16H17FN2O3S/c17-12-6-4-11(5-7-12)9-14-18-10-13(23-14)16(20)19-22-15-3-1-2-8-21-15/h4-7,10,15H,1-3,8-9H2,(H,19,20). The average Bonchev–Trinajstić information content (AvgIpc) is 3.04. The number of ether oxygens (including phenoxy) is 1. The highest BCUT2D eigenvalue weighted by molar-refractivity contribution is 7.13. The molecule has 1 N–H and O–H groups in total. The highest BCUT2D eigenvalue weighted by Crippen LogP contribution is 2.18. The van der Waals surface area contributed by atoms with E-state index in [9.17, 15) is 9.18 Å². The van der Waals surface area contributed by atoms with Crippen LogP contribution in [0.1, 0.15) is 39.5 Å². The Morgan fingerprint density at radius 3 is 2.96 bits per heavy atom. The Balaban J connectivity index is 1.53. The van der Waals surface area contributed by atoms with E-state index in [-0.39, 0.29) is 18.0 Å². The van der Waals surface area contributed by atoms with Crippen molar-refractivity contribution in [3.8, 4) is 0 Å². The smallest absolute Gasteiger partial charge is 0.286 e. The van der Waals surface area contributed by atoms with Crippen LogP contribution in [0.3, 0.4) is 0 Å². The molecule has 0 bridgehead atoms. The summed E-state index contributed by atoms with van der Waals surface area (Å²) >= 11 is 1.29. The number of amides is 1. The first-order valence-electron chi connectivity index (χ1n) is 7.47. The number of nitrogens with one attached hydrogen (secondary N) is 1. The van der Waals surface area contributed by atoms with Gasteiger partial charge in [0.1, 0.15) is 10.7 Å². The van der Waals surface area contributed by atoms with Crippen molar-refractivity contribution >= 4 is 17.2 Å². The molecule has 1 aliphatic rings. The lowest BCUT2D eigenvalue weighted by molar-refractivity contribution is -0.186. The van der Waals surface area contributed by atoms with Crippen LogP contribution in [0.5, 0.6) is 0 Å². The average molecular weight is 336 g/mol. The van der Waals surface area contributed by atoms with Gasteiger partial charge in [0.2, 0.25) is 0 Å². The minimum absolute atomic E-state index is 0.268. The van der Waals surface area contributed by atoms with E-state index in [1.54, 1.807) is 12.1 Å². The summed E-state index contributed by atoms with van der Waals surface area (Å²) in [6, 6.07) is 6.24. The minimum atomic E-state index is -0.376. The van der Waals surface area contributed by atoms with E-state index in [1.165, 1.54) is 29.7 Å². The van der Waals surface area contributed by atoms with Gasteiger partial charge in [0.15, 0.2) is 6.29 Å². The number of benzene rings is 1. The van der Waals surface area contributed by atoms with Crippen LogP contribution in [0, 0.1) is 5.82 Å². The number of carbonyl (C=O) groups excluding carboxylic acids is 1. The maximum atomic E-state index is 12.9. The van der Waals surface area contributed by atoms with Gasteiger partial charge in [-0.1, -0.05) is 12.1 Å². The largest absolute Gasteiger partial charge is 0.350 e. The minimum Gasteiger partial charge on any atom is -0.350 e. The van der Waals surface area contributed by atoms with Gasteiger partial charge in [-0.3, -0.25) is 4.79 Å². The topological polar surface area (TPSA) is 60.5 Å². The van der Waals surface area contributed by atoms with Crippen LogP contribution in [-0.4, -0.2) is 23.8 Å². The summed E-state index contributed by atoms with van der Waals surface area (Å²) in [5.74, 6) is -0.600. The first-order valence-corrected chi connectivity index (χ1v) is 8.29. The van der Waals surface area contributed by atoms with Crippen LogP contribution in [0.2, 0.25) is 0 Å². The van der Waals surface area contributed by atoms with E-state index in [4.69, 9.17) is 9.57 Å². The van der Waals surface area contributed by atoms with Crippen LogP contribution in [-0.2, 0) is 16.0 Å². The van der Waals surface area contributed by atoms with Gasteiger partial charge in [0, 0.05) is 19.4 Å². The molecule has 2 heterocycles. The number of halogens is 1. The summed E-state index contributed by atoms with van der Waals surface area (Å²) in [6.07, 6.45) is 4.53. The number of hydroxylamine groups is 1. The molecule has 3 rings (SSSR count). The molecule has 1 aliphatic heterocycles. The lowest BCUT2D eigenvalue weighted by atomic mass is 10.2. The highest BCUT2D eigenvalue weighted by Gasteiger charge is 2.17. The molecule has 7 heteroatoms. The van der Waals surface area contributed by atoms with Crippen molar-refractivity contribution in [3.63, 3.8) is 0 Å². The van der Waals surface area contributed by atoms with Gasteiger partial charge in [-0.15, -0.1) is 11.3 Å². The van der Waals surface area contributed by atoms with E-state index in [1.807, 2.05) is 0 Å².